The van der Waals surface area contributed by atoms with Gasteiger partial charge >= 0.3 is 5.97 Å². The molecule has 0 saturated carbocycles. The van der Waals surface area contributed by atoms with Gasteiger partial charge in [-0.25, -0.2) is 0 Å². The number of aryl methyl sites for hydroxylation is 1. The van der Waals surface area contributed by atoms with E-state index in [1.807, 2.05) is 0 Å². The SMILES string of the molecule is COc1cc(CC[C@H](N)C(=O)O)cc(Cl)c1Cl. The fraction of sp³-hybridized carbons (Fsp3) is 0.364. The number of rotatable bonds is 5. The summed E-state index contributed by atoms with van der Waals surface area (Å²) < 4.78 is 5.06. The molecule has 1 atom stereocenters. The lowest BCUT2D eigenvalue weighted by Gasteiger charge is -2.10. The number of hydrogen-bond donors (Lipinski definition) is 2. The van der Waals surface area contributed by atoms with Crippen LogP contribution in [0.2, 0.25) is 10.0 Å². The Morgan fingerprint density at radius 3 is 2.71 bits per heavy atom. The molecule has 0 saturated heterocycles. The molecule has 0 aliphatic carbocycles. The highest BCUT2D eigenvalue weighted by Gasteiger charge is 2.13. The van der Waals surface area contributed by atoms with Crippen molar-refractivity contribution in [2.75, 3.05) is 7.11 Å². The van der Waals surface area contributed by atoms with Crippen LogP contribution in [0.25, 0.3) is 0 Å². The van der Waals surface area contributed by atoms with E-state index in [1.165, 1.54) is 7.11 Å². The zero-order valence-electron chi connectivity index (χ0n) is 9.24. The zero-order valence-corrected chi connectivity index (χ0v) is 10.8. The van der Waals surface area contributed by atoms with Crippen molar-refractivity contribution < 1.29 is 14.6 Å². The highest BCUT2D eigenvalue weighted by Crippen LogP contribution is 2.33. The zero-order chi connectivity index (χ0) is 13.0. The number of methoxy groups -OCH3 is 1. The van der Waals surface area contributed by atoms with Gasteiger partial charge in [-0.05, 0) is 30.5 Å². The number of halogens is 2. The maximum atomic E-state index is 10.6. The maximum Gasteiger partial charge on any atom is 0.320 e. The second-order valence-corrected chi connectivity index (χ2v) is 4.36. The lowest BCUT2D eigenvalue weighted by Crippen LogP contribution is -2.30. The standard InChI is InChI=1S/C11H13Cl2NO3/c1-17-9-5-6(4-7(12)10(9)13)2-3-8(14)11(15)16/h4-5,8H,2-3,14H2,1H3,(H,15,16)/t8-/m0/s1. The Hall–Kier alpha value is -0.970. The molecule has 3 N–H and O–H groups in total. The average molecular weight is 278 g/mol. The molecule has 0 fully saturated rings. The largest absolute Gasteiger partial charge is 0.495 e. The van der Waals surface area contributed by atoms with Gasteiger partial charge in [-0.3, -0.25) is 4.79 Å². The van der Waals surface area contributed by atoms with E-state index in [9.17, 15) is 4.79 Å². The maximum absolute atomic E-state index is 10.6. The highest BCUT2D eigenvalue weighted by molar-refractivity contribution is 6.43. The van der Waals surface area contributed by atoms with E-state index >= 15 is 0 Å². The number of ether oxygens (including phenoxy) is 1. The monoisotopic (exact) mass is 277 g/mol. The molecule has 1 aromatic carbocycles. The van der Waals surface area contributed by atoms with Gasteiger partial charge in [0.15, 0.2) is 0 Å². The van der Waals surface area contributed by atoms with E-state index in [0.29, 0.717) is 28.6 Å². The summed E-state index contributed by atoms with van der Waals surface area (Å²) in [7, 11) is 1.49. The van der Waals surface area contributed by atoms with Crippen LogP contribution in [0.1, 0.15) is 12.0 Å². The molecule has 0 radical (unpaired) electrons. The minimum absolute atomic E-state index is 0.330. The predicted octanol–water partition coefficient (Wildman–Crippen LogP) is 2.35. The first-order chi connectivity index (χ1) is 7.95. The summed E-state index contributed by atoms with van der Waals surface area (Å²) in [5.74, 6) is -0.546. The summed E-state index contributed by atoms with van der Waals surface area (Å²) in [4.78, 5) is 10.6. The van der Waals surface area contributed by atoms with Gasteiger partial charge in [0.05, 0.1) is 12.1 Å². The molecule has 0 heterocycles. The van der Waals surface area contributed by atoms with Crippen molar-refractivity contribution >= 4 is 29.2 Å². The lowest BCUT2D eigenvalue weighted by atomic mass is 10.1. The molecule has 1 rings (SSSR count). The van der Waals surface area contributed by atoms with Crippen LogP contribution in [0.5, 0.6) is 5.75 Å². The van der Waals surface area contributed by atoms with Gasteiger partial charge < -0.3 is 15.6 Å². The van der Waals surface area contributed by atoms with E-state index in [1.54, 1.807) is 12.1 Å². The van der Waals surface area contributed by atoms with Crippen LogP contribution >= 0.6 is 23.2 Å². The third-order valence-corrected chi connectivity index (χ3v) is 3.12. The molecular formula is C11H13Cl2NO3. The Morgan fingerprint density at radius 1 is 1.53 bits per heavy atom. The van der Waals surface area contributed by atoms with Crippen molar-refractivity contribution in [1.82, 2.24) is 0 Å². The van der Waals surface area contributed by atoms with Crippen molar-refractivity contribution in [2.45, 2.75) is 18.9 Å². The highest BCUT2D eigenvalue weighted by atomic mass is 35.5. The topological polar surface area (TPSA) is 72.5 Å². The van der Waals surface area contributed by atoms with Crippen molar-refractivity contribution in [3.05, 3.63) is 27.7 Å². The summed E-state index contributed by atoms with van der Waals surface area (Å²) in [6.07, 6.45) is 0.831. The molecule has 6 heteroatoms. The van der Waals surface area contributed by atoms with E-state index < -0.39 is 12.0 Å². The Labute approximate surface area is 109 Å². The fourth-order valence-corrected chi connectivity index (χ4v) is 1.78. The summed E-state index contributed by atoms with van der Waals surface area (Å²) in [5.41, 5.74) is 6.25. The molecule has 0 unspecified atom stereocenters. The van der Waals surface area contributed by atoms with Gasteiger partial charge in [-0.15, -0.1) is 0 Å². The molecule has 0 amide bonds. The molecule has 0 aliphatic rings. The third-order valence-electron chi connectivity index (χ3n) is 2.34. The first-order valence-corrected chi connectivity index (χ1v) is 5.71. The summed E-state index contributed by atoms with van der Waals surface area (Å²) in [6, 6.07) is 2.53. The second-order valence-electron chi connectivity index (χ2n) is 3.58. The van der Waals surface area contributed by atoms with Crippen molar-refractivity contribution in [3.8, 4) is 5.75 Å². The van der Waals surface area contributed by atoms with Crippen LogP contribution in [0.3, 0.4) is 0 Å². The molecule has 17 heavy (non-hydrogen) atoms. The number of carboxylic acid groups (broad SMARTS) is 1. The summed E-state index contributed by atoms with van der Waals surface area (Å²) >= 11 is 11.8. The molecule has 0 aliphatic heterocycles. The Morgan fingerprint density at radius 2 is 2.18 bits per heavy atom. The number of carboxylic acids is 1. The number of hydrogen-bond acceptors (Lipinski definition) is 3. The molecule has 4 nitrogen and oxygen atoms in total. The second kappa shape index (κ2) is 6.10. The van der Waals surface area contributed by atoms with E-state index in [2.05, 4.69) is 0 Å². The van der Waals surface area contributed by atoms with E-state index in [4.69, 9.17) is 38.8 Å². The molecule has 0 aromatic heterocycles. The van der Waals surface area contributed by atoms with Crippen LogP contribution in [0, 0.1) is 0 Å². The van der Waals surface area contributed by atoms with Crippen LogP contribution in [0.4, 0.5) is 0 Å². The van der Waals surface area contributed by atoms with Gasteiger partial charge in [0.1, 0.15) is 16.8 Å². The molecule has 1 aromatic rings. The van der Waals surface area contributed by atoms with E-state index in [-0.39, 0.29) is 0 Å². The van der Waals surface area contributed by atoms with Crippen LogP contribution in [-0.2, 0) is 11.2 Å². The lowest BCUT2D eigenvalue weighted by molar-refractivity contribution is -0.138. The van der Waals surface area contributed by atoms with Crippen LogP contribution in [-0.4, -0.2) is 24.2 Å². The minimum Gasteiger partial charge on any atom is -0.495 e. The van der Waals surface area contributed by atoms with Crippen LogP contribution in [0.15, 0.2) is 12.1 Å². The van der Waals surface area contributed by atoms with Crippen molar-refractivity contribution in [2.24, 2.45) is 5.73 Å². The summed E-state index contributed by atoms with van der Waals surface area (Å²) in [6.45, 7) is 0. The third kappa shape index (κ3) is 3.77. The van der Waals surface area contributed by atoms with Crippen molar-refractivity contribution in [3.63, 3.8) is 0 Å². The summed E-state index contributed by atoms with van der Waals surface area (Å²) in [5, 5.41) is 9.39. The quantitative estimate of drug-likeness (QED) is 0.867. The smallest absolute Gasteiger partial charge is 0.320 e. The van der Waals surface area contributed by atoms with E-state index in [0.717, 1.165) is 5.56 Å². The molecule has 0 spiro atoms. The Balaban J connectivity index is 2.79. The number of nitrogens with two attached hydrogens (primary N) is 1. The van der Waals surface area contributed by atoms with Gasteiger partial charge in [0.25, 0.3) is 0 Å². The van der Waals surface area contributed by atoms with Gasteiger partial charge in [-0.2, -0.15) is 0 Å². The number of benzene rings is 1. The first-order valence-electron chi connectivity index (χ1n) is 4.96. The molecular weight excluding hydrogens is 265 g/mol. The number of aliphatic carboxylic acids is 1. The normalized spacial score (nSPS) is 12.2. The Bertz CT molecular complexity index is 423. The molecule has 94 valence electrons. The average Bonchev–Trinajstić information content (AvgIpc) is 2.29. The van der Waals surface area contributed by atoms with Crippen LogP contribution < -0.4 is 10.5 Å². The minimum atomic E-state index is -1.02. The van der Waals surface area contributed by atoms with Gasteiger partial charge in [0.2, 0.25) is 0 Å². The van der Waals surface area contributed by atoms with Crippen molar-refractivity contribution in [1.29, 1.82) is 0 Å². The van der Waals surface area contributed by atoms with Gasteiger partial charge in [-0.1, -0.05) is 23.2 Å². The predicted molar refractivity (Wildman–Crippen MR) is 66.9 cm³/mol. The Kier molecular flexibility index (Phi) is 5.05. The molecule has 0 bridgehead atoms. The fourth-order valence-electron chi connectivity index (χ4n) is 1.36. The first kappa shape index (κ1) is 14.1. The van der Waals surface area contributed by atoms with Gasteiger partial charge in [0, 0.05) is 0 Å². The number of carbonyl (C=O) groups is 1.